The summed E-state index contributed by atoms with van der Waals surface area (Å²) in [6.07, 6.45) is 0.924. The number of thiazole rings is 1. The highest BCUT2D eigenvalue weighted by Crippen LogP contribution is 2.29. The molecule has 0 aliphatic rings. The van der Waals surface area contributed by atoms with Gasteiger partial charge >= 0.3 is 0 Å². The van der Waals surface area contributed by atoms with Crippen LogP contribution in [0.3, 0.4) is 0 Å². The minimum atomic E-state index is 0.862. The van der Waals surface area contributed by atoms with E-state index in [1.165, 1.54) is 0 Å². The Morgan fingerprint density at radius 2 is 1.87 bits per heavy atom. The van der Waals surface area contributed by atoms with Crippen LogP contribution in [0, 0.1) is 6.92 Å². The molecule has 4 rings (SSSR count). The molecule has 0 amide bonds. The minimum Gasteiger partial charge on any atom is -0.233 e. The van der Waals surface area contributed by atoms with Gasteiger partial charge in [-0.15, -0.1) is 11.3 Å². The van der Waals surface area contributed by atoms with Crippen molar-refractivity contribution in [1.29, 1.82) is 0 Å². The van der Waals surface area contributed by atoms with E-state index >= 15 is 0 Å². The van der Waals surface area contributed by atoms with Crippen LogP contribution in [0.15, 0.2) is 47.8 Å². The Morgan fingerprint density at radius 3 is 2.61 bits per heavy atom. The number of pyridine rings is 1. The molecule has 0 N–H and O–H groups in total. The quantitative estimate of drug-likeness (QED) is 0.561. The van der Waals surface area contributed by atoms with E-state index in [0.29, 0.717) is 0 Å². The fourth-order valence-corrected chi connectivity index (χ4v) is 3.45. The van der Waals surface area contributed by atoms with Gasteiger partial charge in [0, 0.05) is 22.0 Å². The zero-order chi connectivity index (χ0) is 15.8. The summed E-state index contributed by atoms with van der Waals surface area (Å²) in [5.74, 6) is 0. The Bertz CT molecular complexity index is 969. The highest BCUT2D eigenvalue weighted by Gasteiger charge is 2.16. The standard InChI is InChI=1S/C18H16N4S/c1-3-14-11-23-18(20-14)22-17-15(10-9-12(2)19-17)16(21-22)13-7-5-4-6-8-13/h4-11H,3H2,1-2H3. The maximum absolute atomic E-state index is 4.82. The van der Waals surface area contributed by atoms with Crippen molar-refractivity contribution in [1.82, 2.24) is 19.7 Å². The van der Waals surface area contributed by atoms with Gasteiger partial charge in [-0.05, 0) is 25.5 Å². The van der Waals surface area contributed by atoms with Gasteiger partial charge in [0.2, 0.25) is 5.13 Å². The SMILES string of the molecule is CCc1csc(-n2nc(-c3ccccc3)c3ccc(C)nc32)n1. The fourth-order valence-electron chi connectivity index (χ4n) is 2.59. The van der Waals surface area contributed by atoms with Crippen LogP contribution in [-0.2, 0) is 6.42 Å². The van der Waals surface area contributed by atoms with Crippen molar-refractivity contribution in [3.05, 3.63) is 59.2 Å². The zero-order valence-electron chi connectivity index (χ0n) is 13.0. The second kappa shape index (κ2) is 5.59. The van der Waals surface area contributed by atoms with Crippen LogP contribution in [0.4, 0.5) is 0 Å². The van der Waals surface area contributed by atoms with Gasteiger partial charge in [0.25, 0.3) is 0 Å². The van der Waals surface area contributed by atoms with Gasteiger partial charge in [-0.3, -0.25) is 0 Å². The van der Waals surface area contributed by atoms with Crippen LogP contribution in [0.2, 0.25) is 0 Å². The van der Waals surface area contributed by atoms with E-state index in [4.69, 9.17) is 10.1 Å². The van der Waals surface area contributed by atoms with E-state index < -0.39 is 0 Å². The van der Waals surface area contributed by atoms with Crippen molar-refractivity contribution in [2.45, 2.75) is 20.3 Å². The van der Waals surface area contributed by atoms with Gasteiger partial charge in [-0.2, -0.15) is 9.78 Å². The summed E-state index contributed by atoms with van der Waals surface area (Å²) in [5.41, 5.74) is 4.96. The van der Waals surface area contributed by atoms with Crippen molar-refractivity contribution < 1.29 is 0 Å². The number of aromatic nitrogens is 4. The topological polar surface area (TPSA) is 43.6 Å². The first-order valence-electron chi connectivity index (χ1n) is 7.63. The van der Waals surface area contributed by atoms with Gasteiger partial charge < -0.3 is 0 Å². The molecule has 3 heterocycles. The molecule has 0 saturated heterocycles. The van der Waals surface area contributed by atoms with Gasteiger partial charge in [-0.1, -0.05) is 37.3 Å². The van der Waals surface area contributed by atoms with Gasteiger partial charge in [-0.25, -0.2) is 9.97 Å². The van der Waals surface area contributed by atoms with Crippen molar-refractivity contribution in [3.8, 4) is 16.4 Å². The lowest BCUT2D eigenvalue weighted by Crippen LogP contribution is -1.98. The molecule has 0 spiro atoms. The molecule has 0 fully saturated rings. The molecule has 0 aliphatic carbocycles. The largest absolute Gasteiger partial charge is 0.233 e. The third-order valence-corrected chi connectivity index (χ3v) is 4.67. The van der Waals surface area contributed by atoms with Gasteiger partial charge in [0.05, 0.1) is 5.69 Å². The highest BCUT2D eigenvalue weighted by molar-refractivity contribution is 7.12. The summed E-state index contributed by atoms with van der Waals surface area (Å²) >= 11 is 1.61. The second-order valence-electron chi connectivity index (χ2n) is 5.43. The van der Waals surface area contributed by atoms with Crippen LogP contribution in [-0.4, -0.2) is 19.7 Å². The normalized spacial score (nSPS) is 11.2. The van der Waals surface area contributed by atoms with E-state index in [2.05, 4.69) is 35.5 Å². The number of nitrogens with zero attached hydrogens (tertiary/aromatic N) is 4. The molecule has 0 aliphatic heterocycles. The molecule has 3 aromatic heterocycles. The average molecular weight is 320 g/mol. The third kappa shape index (κ3) is 2.43. The predicted molar refractivity (Wildman–Crippen MR) is 94.1 cm³/mol. The molecular formula is C18H16N4S. The fraction of sp³-hybridized carbons (Fsp3) is 0.167. The summed E-state index contributed by atoms with van der Waals surface area (Å²) in [5, 5.41) is 8.82. The molecule has 0 atom stereocenters. The molecular weight excluding hydrogens is 304 g/mol. The third-order valence-electron chi connectivity index (χ3n) is 3.80. The molecule has 0 saturated carbocycles. The lowest BCUT2D eigenvalue weighted by atomic mass is 10.1. The van der Waals surface area contributed by atoms with E-state index in [0.717, 1.165) is 45.2 Å². The summed E-state index contributed by atoms with van der Waals surface area (Å²) in [6, 6.07) is 14.3. The van der Waals surface area contributed by atoms with Crippen LogP contribution in [0.1, 0.15) is 18.3 Å². The number of hydrogen-bond acceptors (Lipinski definition) is 4. The number of rotatable bonds is 3. The minimum absolute atomic E-state index is 0.862. The molecule has 0 unspecified atom stereocenters. The number of aryl methyl sites for hydroxylation is 2. The average Bonchev–Trinajstić information content (AvgIpc) is 3.19. The van der Waals surface area contributed by atoms with Crippen molar-refractivity contribution in [2.24, 2.45) is 0 Å². The molecule has 0 radical (unpaired) electrons. The lowest BCUT2D eigenvalue weighted by Gasteiger charge is -1.98. The number of benzene rings is 1. The second-order valence-corrected chi connectivity index (χ2v) is 6.26. The Balaban J connectivity index is 1.99. The molecule has 114 valence electrons. The first-order valence-corrected chi connectivity index (χ1v) is 8.51. The van der Waals surface area contributed by atoms with Crippen LogP contribution >= 0.6 is 11.3 Å². The number of hydrogen-bond donors (Lipinski definition) is 0. The summed E-state index contributed by atoms with van der Waals surface area (Å²) in [6.45, 7) is 4.11. The maximum atomic E-state index is 4.82. The first-order chi connectivity index (χ1) is 11.3. The zero-order valence-corrected chi connectivity index (χ0v) is 13.8. The molecule has 4 aromatic rings. The smallest absolute Gasteiger partial charge is 0.212 e. The summed E-state index contributed by atoms with van der Waals surface area (Å²) in [7, 11) is 0. The van der Waals surface area contributed by atoms with Crippen LogP contribution < -0.4 is 0 Å². The van der Waals surface area contributed by atoms with Crippen LogP contribution in [0.5, 0.6) is 0 Å². The first kappa shape index (κ1) is 14.1. The molecule has 23 heavy (non-hydrogen) atoms. The molecule has 5 heteroatoms. The maximum Gasteiger partial charge on any atom is 0.212 e. The Kier molecular flexibility index (Phi) is 3.42. The number of fused-ring (bicyclic) bond motifs is 1. The monoisotopic (exact) mass is 320 g/mol. The molecule has 0 bridgehead atoms. The van der Waals surface area contributed by atoms with Crippen LogP contribution in [0.25, 0.3) is 27.4 Å². The highest BCUT2D eigenvalue weighted by atomic mass is 32.1. The van der Waals surface area contributed by atoms with Gasteiger partial charge in [0.15, 0.2) is 5.65 Å². The van der Waals surface area contributed by atoms with Crippen molar-refractivity contribution >= 4 is 22.4 Å². The van der Waals surface area contributed by atoms with Crippen molar-refractivity contribution in [2.75, 3.05) is 0 Å². The molecule has 4 nitrogen and oxygen atoms in total. The predicted octanol–water partition coefficient (Wildman–Crippen LogP) is 4.41. The van der Waals surface area contributed by atoms with Gasteiger partial charge in [0.1, 0.15) is 5.69 Å². The summed E-state index contributed by atoms with van der Waals surface area (Å²) < 4.78 is 1.87. The van der Waals surface area contributed by atoms with E-state index in [1.807, 2.05) is 35.9 Å². The Labute approximate surface area is 138 Å². The summed E-state index contributed by atoms with van der Waals surface area (Å²) in [4.78, 5) is 9.37. The molecule has 1 aromatic carbocycles. The Hall–Kier alpha value is -2.53. The Morgan fingerprint density at radius 1 is 1.04 bits per heavy atom. The van der Waals surface area contributed by atoms with E-state index in [-0.39, 0.29) is 0 Å². The van der Waals surface area contributed by atoms with E-state index in [1.54, 1.807) is 11.3 Å². The van der Waals surface area contributed by atoms with Crippen molar-refractivity contribution in [3.63, 3.8) is 0 Å². The van der Waals surface area contributed by atoms with E-state index in [9.17, 15) is 0 Å². The lowest BCUT2D eigenvalue weighted by molar-refractivity contribution is 0.875.